The number of carbonyl (C=O) groups is 2. The van der Waals surface area contributed by atoms with Crippen LogP contribution in [0.25, 0.3) is 0 Å². The van der Waals surface area contributed by atoms with Gasteiger partial charge in [0.15, 0.2) is 5.78 Å². The molecule has 1 aromatic rings. The Kier molecular flexibility index (Phi) is 3.41. The Labute approximate surface area is 116 Å². The van der Waals surface area contributed by atoms with Crippen LogP contribution in [0.2, 0.25) is 0 Å². The number of thiophene rings is 1. The Morgan fingerprint density at radius 3 is 3.00 bits per heavy atom. The minimum atomic E-state index is -0.570. The second kappa shape index (κ2) is 5.06. The Balaban J connectivity index is 1.62. The van der Waals surface area contributed by atoms with Gasteiger partial charge in [0, 0.05) is 19.6 Å². The molecule has 3 rings (SSSR count). The van der Waals surface area contributed by atoms with E-state index in [1.54, 1.807) is 16.2 Å². The highest BCUT2D eigenvalue weighted by Crippen LogP contribution is 2.33. The first-order valence-corrected chi connectivity index (χ1v) is 7.60. The van der Waals surface area contributed by atoms with Gasteiger partial charge >= 0.3 is 0 Å². The molecule has 2 fully saturated rings. The molecule has 19 heavy (non-hydrogen) atoms. The SMILES string of the molecule is O=C(Cc1ccsc1)N1CCC2(CCCO2)C(=O)C1. The van der Waals surface area contributed by atoms with E-state index in [0.29, 0.717) is 26.0 Å². The van der Waals surface area contributed by atoms with Crippen molar-refractivity contribution in [3.8, 4) is 0 Å². The van der Waals surface area contributed by atoms with Gasteiger partial charge in [-0.05, 0) is 35.2 Å². The first-order valence-electron chi connectivity index (χ1n) is 6.66. The lowest BCUT2D eigenvalue weighted by Gasteiger charge is -2.37. The van der Waals surface area contributed by atoms with Gasteiger partial charge in [0.25, 0.3) is 0 Å². The summed E-state index contributed by atoms with van der Waals surface area (Å²) in [5.41, 5.74) is 0.457. The minimum absolute atomic E-state index is 0.0413. The highest BCUT2D eigenvalue weighted by atomic mass is 32.1. The summed E-state index contributed by atoms with van der Waals surface area (Å²) in [6, 6.07) is 1.95. The number of likely N-dealkylation sites (tertiary alicyclic amines) is 1. The third-order valence-corrected chi connectivity index (χ3v) is 4.75. The number of Topliss-reactive ketones (excluding diaryl/α,β-unsaturated/α-hetero) is 1. The third kappa shape index (κ3) is 2.44. The minimum Gasteiger partial charge on any atom is -0.367 e. The second-order valence-corrected chi connectivity index (χ2v) is 6.02. The highest BCUT2D eigenvalue weighted by Gasteiger charge is 2.46. The van der Waals surface area contributed by atoms with Crippen molar-refractivity contribution in [3.63, 3.8) is 0 Å². The Morgan fingerprint density at radius 2 is 2.37 bits per heavy atom. The smallest absolute Gasteiger partial charge is 0.227 e. The number of amides is 1. The van der Waals surface area contributed by atoms with Crippen molar-refractivity contribution in [3.05, 3.63) is 22.4 Å². The number of ketones is 1. The second-order valence-electron chi connectivity index (χ2n) is 5.24. The van der Waals surface area contributed by atoms with Crippen LogP contribution in [0, 0.1) is 0 Å². The number of hydrogen-bond acceptors (Lipinski definition) is 4. The molecule has 0 bridgehead atoms. The van der Waals surface area contributed by atoms with Crippen molar-refractivity contribution in [1.29, 1.82) is 0 Å². The number of rotatable bonds is 2. The molecule has 0 N–H and O–H groups in total. The van der Waals surface area contributed by atoms with Crippen molar-refractivity contribution >= 4 is 23.0 Å². The fourth-order valence-corrected chi connectivity index (χ4v) is 3.53. The monoisotopic (exact) mass is 279 g/mol. The van der Waals surface area contributed by atoms with Crippen LogP contribution in [0.4, 0.5) is 0 Å². The molecular weight excluding hydrogens is 262 g/mol. The molecular formula is C14H17NO3S. The summed E-state index contributed by atoms with van der Waals surface area (Å²) in [6.45, 7) is 1.52. The maximum atomic E-state index is 12.2. The van der Waals surface area contributed by atoms with Gasteiger partial charge in [-0.3, -0.25) is 9.59 Å². The number of hydrogen-bond donors (Lipinski definition) is 0. The van der Waals surface area contributed by atoms with Crippen LogP contribution in [-0.4, -0.2) is 41.9 Å². The molecule has 0 saturated carbocycles. The van der Waals surface area contributed by atoms with Crippen LogP contribution in [0.1, 0.15) is 24.8 Å². The largest absolute Gasteiger partial charge is 0.367 e. The molecule has 0 aliphatic carbocycles. The summed E-state index contributed by atoms with van der Waals surface area (Å²) in [6.07, 6.45) is 2.82. The summed E-state index contributed by atoms with van der Waals surface area (Å²) in [7, 11) is 0. The molecule has 2 aliphatic heterocycles. The third-order valence-electron chi connectivity index (χ3n) is 4.02. The average Bonchev–Trinajstić information content (AvgIpc) is 3.05. The molecule has 1 spiro atoms. The van der Waals surface area contributed by atoms with E-state index in [9.17, 15) is 9.59 Å². The first-order chi connectivity index (χ1) is 9.20. The molecule has 2 saturated heterocycles. The van der Waals surface area contributed by atoms with Gasteiger partial charge < -0.3 is 9.64 Å². The van der Waals surface area contributed by atoms with Crippen LogP contribution in [0.15, 0.2) is 16.8 Å². The van der Waals surface area contributed by atoms with E-state index in [4.69, 9.17) is 4.74 Å². The van der Waals surface area contributed by atoms with Crippen LogP contribution in [-0.2, 0) is 20.7 Å². The van der Waals surface area contributed by atoms with Gasteiger partial charge in [0.2, 0.25) is 5.91 Å². The normalized spacial score (nSPS) is 27.2. The number of ether oxygens (including phenoxy) is 1. The average molecular weight is 279 g/mol. The molecule has 0 aromatic carbocycles. The predicted octanol–water partition coefficient (Wildman–Crippen LogP) is 1.64. The molecule has 1 unspecified atom stereocenters. The molecule has 1 atom stereocenters. The number of nitrogens with zero attached hydrogens (tertiary/aromatic N) is 1. The zero-order valence-electron chi connectivity index (χ0n) is 10.8. The van der Waals surface area contributed by atoms with E-state index >= 15 is 0 Å². The summed E-state index contributed by atoms with van der Waals surface area (Å²) in [5.74, 6) is 0.120. The predicted molar refractivity (Wildman–Crippen MR) is 72.1 cm³/mol. The fraction of sp³-hybridized carbons (Fsp3) is 0.571. The zero-order valence-corrected chi connectivity index (χ0v) is 11.6. The first kappa shape index (κ1) is 12.8. The van der Waals surface area contributed by atoms with E-state index in [1.807, 2.05) is 16.8 Å². The standard InChI is InChI=1S/C14H17NO3S/c16-12-9-15(5-4-14(12)3-1-6-18-14)13(17)8-11-2-7-19-10-11/h2,7,10H,1,3-6,8-9H2. The van der Waals surface area contributed by atoms with Crippen molar-refractivity contribution in [2.45, 2.75) is 31.3 Å². The van der Waals surface area contributed by atoms with Crippen LogP contribution < -0.4 is 0 Å². The zero-order chi connectivity index (χ0) is 13.3. The van der Waals surface area contributed by atoms with Gasteiger partial charge in [0.05, 0.1) is 13.0 Å². The Morgan fingerprint density at radius 1 is 1.47 bits per heavy atom. The molecule has 0 radical (unpaired) electrons. The van der Waals surface area contributed by atoms with E-state index in [0.717, 1.165) is 18.4 Å². The topological polar surface area (TPSA) is 46.6 Å². The molecule has 1 aromatic heterocycles. The molecule has 4 nitrogen and oxygen atoms in total. The van der Waals surface area contributed by atoms with Gasteiger partial charge in [-0.15, -0.1) is 0 Å². The molecule has 5 heteroatoms. The molecule has 1 amide bonds. The lowest BCUT2D eigenvalue weighted by molar-refractivity contribution is -0.152. The summed E-state index contributed by atoms with van der Waals surface area (Å²) in [4.78, 5) is 26.0. The summed E-state index contributed by atoms with van der Waals surface area (Å²) < 4.78 is 5.64. The fourth-order valence-electron chi connectivity index (χ4n) is 2.86. The highest BCUT2D eigenvalue weighted by molar-refractivity contribution is 7.07. The van der Waals surface area contributed by atoms with E-state index in [-0.39, 0.29) is 18.2 Å². The van der Waals surface area contributed by atoms with Crippen molar-refractivity contribution in [1.82, 2.24) is 4.90 Å². The Bertz CT molecular complexity index is 477. The maximum Gasteiger partial charge on any atom is 0.227 e. The van der Waals surface area contributed by atoms with Gasteiger partial charge in [0.1, 0.15) is 5.60 Å². The number of carbonyl (C=O) groups excluding carboxylic acids is 2. The molecule has 2 aliphatic rings. The number of piperidine rings is 1. The van der Waals surface area contributed by atoms with Gasteiger partial charge in [-0.2, -0.15) is 11.3 Å². The van der Waals surface area contributed by atoms with Crippen molar-refractivity contribution < 1.29 is 14.3 Å². The quantitative estimate of drug-likeness (QED) is 0.827. The molecule has 102 valence electrons. The van der Waals surface area contributed by atoms with E-state index in [1.165, 1.54) is 0 Å². The van der Waals surface area contributed by atoms with Crippen LogP contribution in [0.3, 0.4) is 0 Å². The molecule has 3 heterocycles. The Hall–Kier alpha value is -1.20. The summed E-state index contributed by atoms with van der Waals surface area (Å²) in [5, 5.41) is 3.94. The van der Waals surface area contributed by atoms with E-state index in [2.05, 4.69) is 0 Å². The van der Waals surface area contributed by atoms with Crippen LogP contribution >= 0.6 is 11.3 Å². The van der Waals surface area contributed by atoms with Gasteiger partial charge in [-0.1, -0.05) is 0 Å². The van der Waals surface area contributed by atoms with Crippen molar-refractivity contribution in [2.24, 2.45) is 0 Å². The van der Waals surface area contributed by atoms with Crippen LogP contribution in [0.5, 0.6) is 0 Å². The maximum absolute atomic E-state index is 12.2. The van der Waals surface area contributed by atoms with Crippen molar-refractivity contribution in [2.75, 3.05) is 19.7 Å². The lowest BCUT2D eigenvalue weighted by atomic mass is 9.87. The lowest BCUT2D eigenvalue weighted by Crippen LogP contribution is -2.54. The van der Waals surface area contributed by atoms with E-state index < -0.39 is 5.60 Å². The van der Waals surface area contributed by atoms with Gasteiger partial charge in [-0.25, -0.2) is 0 Å². The summed E-state index contributed by atoms with van der Waals surface area (Å²) >= 11 is 1.59.